The molecule has 0 saturated carbocycles. The molecule has 1 atom stereocenters. The minimum atomic E-state index is -0.975. The summed E-state index contributed by atoms with van der Waals surface area (Å²) in [4.78, 5) is 0. The molecule has 1 unspecified atom stereocenters. The molecule has 2 rings (SSSR count). The van der Waals surface area contributed by atoms with E-state index in [4.69, 9.17) is 5.73 Å². The summed E-state index contributed by atoms with van der Waals surface area (Å²) >= 11 is 0. The van der Waals surface area contributed by atoms with Gasteiger partial charge in [-0.2, -0.15) is 5.10 Å². The summed E-state index contributed by atoms with van der Waals surface area (Å²) in [5, 5.41) is 4.00. The van der Waals surface area contributed by atoms with Crippen LogP contribution in [0.5, 0.6) is 0 Å². The van der Waals surface area contributed by atoms with Crippen molar-refractivity contribution in [3.05, 3.63) is 53.4 Å². The highest BCUT2D eigenvalue weighted by Gasteiger charge is 2.26. The Morgan fingerprint density at radius 2 is 1.76 bits per heavy atom. The Bertz CT molecular complexity index is 526. The van der Waals surface area contributed by atoms with Gasteiger partial charge in [-0.3, -0.25) is 4.68 Å². The highest BCUT2D eigenvalue weighted by Crippen LogP contribution is 2.27. The van der Waals surface area contributed by atoms with Crippen molar-refractivity contribution in [3.63, 3.8) is 0 Å². The van der Waals surface area contributed by atoms with E-state index in [9.17, 15) is 8.78 Å². The largest absolute Gasteiger partial charge is 0.318 e. The highest BCUT2D eigenvalue weighted by atomic mass is 19.1. The summed E-state index contributed by atoms with van der Waals surface area (Å²) in [6, 6.07) is 3.29. The molecule has 0 fully saturated rings. The quantitative estimate of drug-likeness (QED) is 0.867. The maximum atomic E-state index is 13.2. The lowest BCUT2D eigenvalue weighted by molar-refractivity contribution is 0.550. The van der Waals surface area contributed by atoms with Gasteiger partial charge in [0.25, 0.3) is 0 Å². The maximum absolute atomic E-state index is 13.2. The molecule has 1 heterocycles. The van der Waals surface area contributed by atoms with Crippen molar-refractivity contribution in [1.29, 1.82) is 0 Å². The Morgan fingerprint density at radius 1 is 1.18 bits per heavy atom. The lowest BCUT2D eigenvalue weighted by atomic mass is 9.87. The topological polar surface area (TPSA) is 43.8 Å². The van der Waals surface area contributed by atoms with Crippen molar-refractivity contribution >= 4 is 0 Å². The number of aromatic nitrogens is 2. The fourth-order valence-electron chi connectivity index (χ4n) is 1.71. The summed E-state index contributed by atoms with van der Waals surface area (Å²) in [7, 11) is 1.76. The first-order valence-electron chi connectivity index (χ1n) is 5.14. The Labute approximate surface area is 97.9 Å². The molecule has 0 aliphatic rings. The number of aryl methyl sites for hydroxylation is 1. The second-order valence-electron chi connectivity index (χ2n) is 4.26. The van der Waals surface area contributed by atoms with Crippen LogP contribution in [0.4, 0.5) is 8.78 Å². The number of rotatable bonds is 2. The average molecular weight is 237 g/mol. The van der Waals surface area contributed by atoms with Crippen LogP contribution in [-0.4, -0.2) is 9.78 Å². The van der Waals surface area contributed by atoms with Crippen LogP contribution in [0.2, 0.25) is 0 Å². The van der Waals surface area contributed by atoms with Crippen LogP contribution in [0.3, 0.4) is 0 Å². The fraction of sp³-hybridized carbons (Fsp3) is 0.250. The second kappa shape index (κ2) is 3.92. The molecule has 0 radical (unpaired) electrons. The van der Waals surface area contributed by atoms with E-state index in [1.54, 1.807) is 31.0 Å². The molecule has 5 heteroatoms. The van der Waals surface area contributed by atoms with E-state index in [0.29, 0.717) is 11.1 Å². The minimum absolute atomic E-state index is 0.378. The first-order chi connectivity index (χ1) is 7.89. The first-order valence-corrected chi connectivity index (χ1v) is 5.14. The van der Waals surface area contributed by atoms with E-state index in [0.717, 1.165) is 6.07 Å². The molecular weight excluding hydrogens is 224 g/mol. The van der Waals surface area contributed by atoms with Gasteiger partial charge < -0.3 is 5.73 Å². The Hall–Kier alpha value is -1.75. The van der Waals surface area contributed by atoms with Crippen LogP contribution in [-0.2, 0) is 12.6 Å². The van der Waals surface area contributed by atoms with Gasteiger partial charge in [0.2, 0.25) is 0 Å². The zero-order valence-electron chi connectivity index (χ0n) is 9.61. The van der Waals surface area contributed by atoms with Crippen molar-refractivity contribution in [2.24, 2.45) is 12.8 Å². The molecule has 90 valence electrons. The van der Waals surface area contributed by atoms with Gasteiger partial charge in [-0.15, -0.1) is 0 Å². The molecule has 1 aromatic heterocycles. The molecule has 17 heavy (non-hydrogen) atoms. The Balaban J connectivity index is 2.50. The molecule has 2 N–H and O–H groups in total. The van der Waals surface area contributed by atoms with Gasteiger partial charge in [-0.1, -0.05) is 0 Å². The third-order valence-corrected chi connectivity index (χ3v) is 2.77. The van der Waals surface area contributed by atoms with Crippen LogP contribution in [0.25, 0.3) is 0 Å². The van der Waals surface area contributed by atoms with Gasteiger partial charge in [0.15, 0.2) is 0 Å². The zero-order chi connectivity index (χ0) is 12.6. The normalized spacial score (nSPS) is 14.6. The minimum Gasteiger partial charge on any atom is -0.318 e. The first kappa shape index (κ1) is 11.7. The van der Waals surface area contributed by atoms with Gasteiger partial charge >= 0.3 is 0 Å². The second-order valence-corrected chi connectivity index (χ2v) is 4.26. The number of hydrogen-bond donors (Lipinski definition) is 1. The highest BCUT2D eigenvalue weighted by molar-refractivity contribution is 5.35. The molecule has 0 aliphatic carbocycles. The standard InChI is InChI=1S/C12H13F2N3/c1-12(15,9-6-16-17(2)7-9)8-3-10(13)5-11(14)4-8/h3-7H,15H2,1-2H3. The average Bonchev–Trinajstić information content (AvgIpc) is 2.64. The number of benzene rings is 1. The van der Waals surface area contributed by atoms with Crippen molar-refractivity contribution in [2.45, 2.75) is 12.5 Å². The van der Waals surface area contributed by atoms with E-state index >= 15 is 0 Å². The number of nitrogens with two attached hydrogens (primary N) is 1. The third kappa shape index (κ3) is 2.19. The van der Waals surface area contributed by atoms with E-state index in [-0.39, 0.29) is 0 Å². The molecule has 0 amide bonds. The van der Waals surface area contributed by atoms with Crippen LogP contribution in [0.1, 0.15) is 18.1 Å². The molecule has 2 aromatic rings. The summed E-state index contributed by atoms with van der Waals surface area (Å²) in [5.74, 6) is -1.28. The molecule has 1 aromatic carbocycles. The van der Waals surface area contributed by atoms with Crippen molar-refractivity contribution in [1.82, 2.24) is 9.78 Å². The Morgan fingerprint density at radius 3 is 2.24 bits per heavy atom. The molecule has 3 nitrogen and oxygen atoms in total. The van der Waals surface area contributed by atoms with Crippen LogP contribution >= 0.6 is 0 Å². The maximum Gasteiger partial charge on any atom is 0.126 e. The van der Waals surface area contributed by atoms with Crippen LogP contribution in [0.15, 0.2) is 30.6 Å². The van der Waals surface area contributed by atoms with Crippen molar-refractivity contribution in [3.8, 4) is 0 Å². The molecule has 0 saturated heterocycles. The SMILES string of the molecule is Cn1cc(C(C)(N)c2cc(F)cc(F)c2)cn1. The van der Waals surface area contributed by atoms with E-state index in [2.05, 4.69) is 5.10 Å². The lowest BCUT2D eigenvalue weighted by Crippen LogP contribution is -2.34. The molecule has 0 spiro atoms. The summed E-state index contributed by atoms with van der Waals surface area (Å²) in [6.45, 7) is 1.69. The number of halogens is 2. The van der Waals surface area contributed by atoms with Gasteiger partial charge in [0.1, 0.15) is 11.6 Å². The van der Waals surface area contributed by atoms with Crippen molar-refractivity contribution in [2.75, 3.05) is 0 Å². The van der Waals surface area contributed by atoms with E-state index in [1.165, 1.54) is 12.1 Å². The molecule has 0 aliphatic heterocycles. The van der Waals surface area contributed by atoms with Gasteiger partial charge in [-0.25, -0.2) is 8.78 Å². The predicted molar refractivity (Wildman–Crippen MR) is 60.2 cm³/mol. The predicted octanol–water partition coefficient (Wildman–Crippen LogP) is 1.92. The monoisotopic (exact) mass is 237 g/mol. The third-order valence-electron chi connectivity index (χ3n) is 2.77. The zero-order valence-corrected chi connectivity index (χ0v) is 9.61. The molecular formula is C12H13F2N3. The summed E-state index contributed by atoms with van der Waals surface area (Å²) < 4.78 is 27.9. The van der Waals surface area contributed by atoms with E-state index in [1.807, 2.05) is 0 Å². The summed E-state index contributed by atoms with van der Waals surface area (Å²) in [5.41, 5.74) is 6.23. The van der Waals surface area contributed by atoms with Gasteiger partial charge in [-0.05, 0) is 24.6 Å². The van der Waals surface area contributed by atoms with Gasteiger partial charge in [0, 0.05) is 24.9 Å². The number of hydrogen-bond acceptors (Lipinski definition) is 2. The van der Waals surface area contributed by atoms with Gasteiger partial charge in [0.05, 0.1) is 11.7 Å². The fourth-order valence-corrected chi connectivity index (χ4v) is 1.71. The smallest absolute Gasteiger partial charge is 0.126 e. The van der Waals surface area contributed by atoms with Crippen LogP contribution in [0, 0.1) is 11.6 Å². The number of nitrogens with zero attached hydrogens (tertiary/aromatic N) is 2. The Kier molecular flexibility index (Phi) is 2.71. The van der Waals surface area contributed by atoms with Crippen molar-refractivity contribution < 1.29 is 8.78 Å². The van der Waals surface area contributed by atoms with Crippen LogP contribution < -0.4 is 5.73 Å². The summed E-state index contributed by atoms with van der Waals surface area (Å²) in [6.07, 6.45) is 3.31. The molecule has 0 bridgehead atoms. The van der Waals surface area contributed by atoms with E-state index < -0.39 is 17.2 Å². The lowest BCUT2D eigenvalue weighted by Gasteiger charge is -2.24.